The molecule has 0 unspecified atom stereocenters. The van der Waals surface area contributed by atoms with Gasteiger partial charge in [-0.05, 0) is 6.07 Å². The molecule has 0 bridgehead atoms. The molecule has 17 heavy (non-hydrogen) atoms. The normalized spacial score (nSPS) is 10.2. The number of aromatic hydroxyl groups is 1. The molecule has 2 rings (SSSR count). The smallest absolute Gasteiger partial charge is 0.225 e. The van der Waals surface area contributed by atoms with Crippen LogP contribution >= 0.6 is 0 Å². The molecule has 0 radical (unpaired) electrons. The van der Waals surface area contributed by atoms with Gasteiger partial charge in [-0.25, -0.2) is 14.4 Å². The predicted octanol–water partition coefficient (Wildman–Crippen LogP) is 1.96. The summed E-state index contributed by atoms with van der Waals surface area (Å²) >= 11 is 0. The van der Waals surface area contributed by atoms with Crippen LogP contribution in [0, 0.1) is 5.82 Å². The molecule has 2 aromatic rings. The van der Waals surface area contributed by atoms with Gasteiger partial charge in [0.2, 0.25) is 5.95 Å². The number of para-hydroxylation sites is 1. The largest absolute Gasteiger partial charge is 0.508 e. The summed E-state index contributed by atoms with van der Waals surface area (Å²) in [6, 6.07) is 7.03. The van der Waals surface area contributed by atoms with Crippen LogP contribution < -0.4 is 4.90 Å². The van der Waals surface area contributed by atoms with Crippen molar-refractivity contribution in [1.82, 2.24) is 9.97 Å². The lowest BCUT2D eigenvalue weighted by Crippen LogP contribution is -2.19. The van der Waals surface area contributed by atoms with Crippen molar-refractivity contribution in [3.8, 4) is 5.75 Å². The van der Waals surface area contributed by atoms with Crippen molar-refractivity contribution in [3.63, 3.8) is 0 Å². The molecule has 5 heteroatoms. The van der Waals surface area contributed by atoms with Crippen molar-refractivity contribution < 1.29 is 9.50 Å². The monoisotopic (exact) mass is 233 g/mol. The summed E-state index contributed by atoms with van der Waals surface area (Å²) in [5.41, 5.74) is 0.767. The van der Waals surface area contributed by atoms with Gasteiger partial charge in [-0.1, -0.05) is 18.2 Å². The number of nitrogens with zero attached hydrogens (tertiary/aromatic N) is 3. The average Bonchev–Trinajstić information content (AvgIpc) is 2.33. The summed E-state index contributed by atoms with van der Waals surface area (Å²) in [6.45, 7) is 0.457. The first kappa shape index (κ1) is 11.3. The zero-order chi connectivity index (χ0) is 12.3. The minimum atomic E-state index is -0.468. The van der Waals surface area contributed by atoms with Gasteiger partial charge in [0.15, 0.2) is 5.82 Å². The fourth-order valence-electron chi connectivity index (χ4n) is 1.47. The van der Waals surface area contributed by atoms with Gasteiger partial charge in [0, 0.05) is 19.2 Å². The van der Waals surface area contributed by atoms with Crippen molar-refractivity contribution in [2.75, 3.05) is 11.9 Å². The molecular formula is C12H12FN3O. The topological polar surface area (TPSA) is 49.2 Å². The van der Waals surface area contributed by atoms with Gasteiger partial charge >= 0.3 is 0 Å². The number of rotatable bonds is 3. The molecule has 1 aromatic carbocycles. The van der Waals surface area contributed by atoms with E-state index in [1.165, 1.54) is 0 Å². The first-order valence-electron chi connectivity index (χ1n) is 5.12. The maximum Gasteiger partial charge on any atom is 0.225 e. The molecule has 1 N–H and O–H groups in total. The number of hydrogen-bond acceptors (Lipinski definition) is 4. The number of aromatic nitrogens is 2. The maximum atomic E-state index is 12.7. The Balaban J connectivity index is 2.14. The van der Waals surface area contributed by atoms with Crippen molar-refractivity contribution in [3.05, 3.63) is 48.0 Å². The number of phenolic OH excluding ortho intramolecular Hbond substituents is 1. The lowest BCUT2D eigenvalue weighted by atomic mass is 10.2. The zero-order valence-corrected chi connectivity index (χ0v) is 9.34. The predicted molar refractivity (Wildman–Crippen MR) is 62.2 cm³/mol. The number of halogens is 1. The Morgan fingerprint density at radius 2 is 1.88 bits per heavy atom. The van der Waals surface area contributed by atoms with Crippen LogP contribution in [0.25, 0.3) is 0 Å². The second-order valence-corrected chi connectivity index (χ2v) is 3.69. The van der Waals surface area contributed by atoms with Crippen LogP contribution in [0.4, 0.5) is 10.3 Å². The summed E-state index contributed by atoms with van der Waals surface area (Å²) in [6.07, 6.45) is 2.23. The highest BCUT2D eigenvalue weighted by atomic mass is 19.1. The minimum absolute atomic E-state index is 0.224. The van der Waals surface area contributed by atoms with Crippen LogP contribution in [-0.2, 0) is 6.54 Å². The number of benzene rings is 1. The summed E-state index contributed by atoms with van der Waals surface area (Å²) in [7, 11) is 1.78. The zero-order valence-electron chi connectivity index (χ0n) is 9.34. The summed E-state index contributed by atoms with van der Waals surface area (Å²) in [4.78, 5) is 9.46. The average molecular weight is 233 g/mol. The van der Waals surface area contributed by atoms with E-state index in [-0.39, 0.29) is 5.75 Å². The number of phenols is 1. The molecule has 1 aromatic heterocycles. The minimum Gasteiger partial charge on any atom is -0.508 e. The third-order valence-electron chi connectivity index (χ3n) is 2.35. The highest BCUT2D eigenvalue weighted by Crippen LogP contribution is 2.18. The van der Waals surface area contributed by atoms with Gasteiger partial charge < -0.3 is 10.0 Å². The van der Waals surface area contributed by atoms with Gasteiger partial charge in [0.1, 0.15) is 5.75 Å². The molecule has 0 amide bonds. The highest BCUT2D eigenvalue weighted by Gasteiger charge is 2.07. The molecule has 0 aliphatic heterocycles. The molecule has 1 heterocycles. The van der Waals surface area contributed by atoms with E-state index in [9.17, 15) is 9.50 Å². The van der Waals surface area contributed by atoms with Gasteiger partial charge in [-0.2, -0.15) is 0 Å². The molecule has 0 fully saturated rings. The van der Waals surface area contributed by atoms with Crippen LogP contribution in [-0.4, -0.2) is 22.1 Å². The first-order chi connectivity index (χ1) is 8.16. The van der Waals surface area contributed by atoms with Gasteiger partial charge in [-0.3, -0.25) is 0 Å². The van der Waals surface area contributed by atoms with E-state index in [0.29, 0.717) is 12.5 Å². The SMILES string of the molecule is CN(Cc1ccccc1O)c1ncc(F)cn1. The Hall–Kier alpha value is -2.17. The third-order valence-corrected chi connectivity index (χ3v) is 2.35. The molecule has 0 spiro atoms. The quantitative estimate of drug-likeness (QED) is 0.880. The Morgan fingerprint density at radius 3 is 2.53 bits per heavy atom. The molecule has 0 atom stereocenters. The van der Waals surface area contributed by atoms with E-state index >= 15 is 0 Å². The van der Waals surface area contributed by atoms with E-state index in [4.69, 9.17) is 0 Å². The van der Waals surface area contributed by atoms with E-state index in [1.807, 2.05) is 12.1 Å². The number of hydrogen-bond donors (Lipinski definition) is 1. The highest BCUT2D eigenvalue weighted by molar-refractivity contribution is 5.37. The molecule has 4 nitrogen and oxygen atoms in total. The van der Waals surface area contributed by atoms with Crippen LogP contribution in [0.15, 0.2) is 36.7 Å². The maximum absolute atomic E-state index is 12.7. The van der Waals surface area contributed by atoms with E-state index < -0.39 is 5.82 Å². The van der Waals surface area contributed by atoms with Gasteiger partial charge in [-0.15, -0.1) is 0 Å². The van der Waals surface area contributed by atoms with Crippen LogP contribution in [0.5, 0.6) is 5.75 Å². The Morgan fingerprint density at radius 1 is 1.24 bits per heavy atom. The molecular weight excluding hydrogens is 221 g/mol. The Labute approximate surface area is 98.4 Å². The van der Waals surface area contributed by atoms with Crippen molar-refractivity contribution in [1.29, 1.82) is 0 Å². The lowest BCUT2D eigenvalue weighted by Gasteiger charge is -2.17. The standard InChI is InChI=1S/C12H12FN3O/c1-16(12-14-6-10(13)7-15-12)8-9-4-2-3-5-11(9)17/h2-7,17H,8H2,1H3. The van der Waals surface area contributed by atoms with Gasteiger partial charge in [0.05, 0.1) is 12.4 Å². The van der Waals surface area contributed by atoms with Crippen molar-refractivity contribution >= 4 is 5.95 Å². The van der Waals surface area contributed by atoms with Crippen molar-refractivity contribution in [2.45, 2.75) is 6.54 Å². The van der Waals surface area contributed by atoms with E-state index in [0.717, 1.165) is 18.0 Å². The lowest BCUT2D eigenvalue weighted by molar-refractivity contribution is 0.467. The van der Waals surface area contributed by atoms with Gasteiger partial charge in [0.25, 0.3) is 0 Å². The molecule has 88 valence electrons. The number of anilines is 1. The van der Waals surface area contributed by atoms with Crippen LogP contribution in [0.2, 0.25) is 0 Å². The Kier molecular flexibility index (Phi) is 3.18. The van der Waals surface area contributed by atoms with Crippen LogP contribution in [0.1, 0.15) is 5.56 Å². The summed E-state index contributed by atoms with van der Waals surface area (Å²) in [5.74, 6) is 0.167. The second-order valence-electron chi connectivity index (χ2n) is 3.69. The third kappa shape index (κ3) is 2.69. The summed E-state index contributed by atoms with van der Waals surface area (Å²) < 4.78 is 12.7. The summed E-state index contributed by atoms with van der Waals surface area (Å²) in [5, 5.41) is 9.62. The Bertz CT molecular complexity index is 501. The molecule has 0 aliphatic rings. The van der Waals surface area contributed by atoms with E-state index in [1.54, 1.807) is 24.1 Å². The van der Waals surface area contributed by atoms with Crippen molar-refractivity contribution in [2.24, 2.45) is 0 Å². The van der Waals surface area contributed by atoms with E-state index in [2.05, 4.69) is 9.97 Å². The molecule has 0 saturated carbocycles. The fourth-order valence-corrected chi connectivity index (χ4v) is 1.47. The van der Waals surface area contributed by atoms with Crippen LogP contribution in [0.3, 0.4) is 0 Å². The first-order valence-corrected chi connectivity index (χ1v) is 5.12. The molecule has 0 aliphatic carbocycles. The fraction of sp³-hybridized carbons (Fsp3) is 0.167. The second kappa shape index (κ2) is 4.78. The molecule has 0 saturated heterocycles.